The van der Waals surface area contributed by atoms with Gasteiger partial charge in [0.05, 0.1) is 23.6 Å². The quantitative estimate of drug-likeness (QED) is 0.417. The van der Waals surface area contributed by atoms with Crippen molar-refractivity contribution < 1.29 is 30.6 Å². The number of nitrogens with zero attached hydrogens (tertiary/aromatic N) is 6. The molecule has 3 aromatic rings. The van der Waals surface area contributed by atoms with Crippen LogP contribution in [0.2, 0.25) is 0 Å². The van der Waals surface area contributed by atoms with Gasteiger partial charge < -0.3 is 4.90 Å². The predicted octanol–water partition coefficient (Wildman–Crippen LogP) is 1.88. The van der Waals surface area contributed by atoms with Crippen molar-refractivity contribution in [3.8, 4) is 0 Å². The number of tetrazole rings is 1. The van der Waals surface area contributed by atoms with Crippen molar-refractivity contribution in [3.63, 3.8) is 0 Å². The highest BCUT2D eigenvalue weighted by molar-refractivity contribution is 7.94. The first-order valence-corrected chi connectivity index (χ1v) is 15.0. The zero-order chi connectivity index (χ0) is 27.7. The SMILES string of the molecule is Cc1nnn(Cc2cc(C(F)(F)F)ccc2CCC(=O)N2CCC(S(=O)(=O)c3ncc(S(N)=O)s3)CC2)n1. The Morgan fingerprint density at radius 3 is 2.53 bits per heavy atom. The number of hydrogen-bond acceptors (Lipinski definition) is 9. The van der Waals surface area contributed by atoms with E-state index in [-0.39, 0.29) is 59.8 Å². The molecule has 17 heteroatoms. The van der Waals surface area contributed by atoms with Crippen molar-refractivity contribution in [1.82, 2.24) is 30.1 Å². The number of aromatic nitrogens is 5. The number of benzene rings is 1. The molecule has 3 heterocycles. The number of carbonyl (C=O) groups is 1. The van der Waals surface area contributed by atoms with Gasteiger partial charge in [0.2, 0.25) is 20.1 Å². The molecule has 11 nitrogen and oxygen atoms in total. The summed E-state index contributed by atoms with van der Waals surface area (Å²) in [5, 5.41) is 16.1. The lowest BCUT2D eigenvalue weighted by Crippen LogP contribution is -2.42. The van der Waals surface area contributed by atoms with Crippen LogP contribution < -0.4 is 5.14 Å². The molecule has 0 spiro atoms. The van der Waals surface area contributed by atoms with Crippen LogP contribution >= 0.6 is 11.3 Å². The van der Waals surface area contributed by atoms with E-state index < -0.39 is 37.8 Å². The van der Waals surface area contributed by atoms with E-state index in [0.29, 0.717) is 17.0 Å². The second-order valence-electron chi connectivity index (χ2n) is 8.72. The summed E-state index contributed by atoms with van der Waals surface area (Å²) < 4.78 is 77.1. The standard InChI is InChI=1S/C21H24F3N7O4S3/c1-13-27-29-31(28-13)12-15-10-16(21(22,23)24)4-2-14(15)3-5-18(32)30-8-6-17(7-9-30)38(34,35)20-26-11-19(36-20)37(25)33/h2,4,10-11,17H,3,5-9,12,25H2,1H3. The largest absolute Gasteiger partial charge is 0.416 e. The molecule has 1 unspecified atom stereocenters. The van der Waals surface area contributed by atoms with Crippen molar-refractivity contribution in [2.24, 2.45) is 5.14 Å². The van der Waals surface area contributed by atoms with Crippen LogP contribution in [-0.2, 0) is 44.8 Å². The van der Waals surface area contributed by atoms with Crippen LogP contribution in [-0.4, -0.2) is 67.0 Å². The van der Waals surface area contributed by atoms with Gasteiger partial charge in [-0.15, -0.1) is 10.2 Å². The zero-order valence-electron chi connectivity index (χ0n) is 20.1. The minimum absolute atomic E-state index is 0.0340. The van der Waals surface area contributed by atoms with Gasteiger partial charge in [-0.1, -0.05) is 17.4 Å². The molecule has 206 valence electrons. The van der Waals surface area contributed by atoms with Gasteiger partial charge in [0.1, 0.15) is 15.2 Å². The molecule has 1 aromatic carbocycles. The molecule has 4 rings (SSSR count). The smallest absolute Gasteiger partial charge is 0.343 e. The number of carbonyl (C=O) groups excluding carboxylic acids is 1. The molecule has 0 bridgehead atoms. The van der Waals surface area contributed by atoms with E-state index in [1.807, 2.05) is 0 Å². The fourth-order valence-electron chi connectivity index (χ4n) is 4.16. The second kappa shape index (κ2) is 11.2. The normalized spacial score (nSPS) is 16.1. The van der Waals surface area contributed by atoms with Crippen LogP contribution in [0, 0.1) is 6.92 Å². The van der Waals surface area contributed by atoms with Gasteiger partial charge in [0, 0.05) is 19.5 Å². The highest BCUT2D eigenvalue weighted by Crippen LogP contribution is 2.32. The molecule has 1 amide bonds. The maximum absolute atomic E-state index is 13.3. The van der Waals surface area contributed by atoms with Crippen molar-refractivity contribution >= 4 is 38.1 Å². The van der Waals surface area contributed by atoms with Crippen LogP contribution in [0.15, 0.2) is 32.9 Å². The fourth-order valence-corrected chi connectivity index (χ4v) is 7.88. The highest BCUT2D eigenvalue weighted by atomic mass is 32.3. The minimum atomic E-state index is -4.53. The number of aryl methyl sites for hydroxylation is 2. The van der Waals surface area contributed by atoms with Crippen molar-refractivity contribution in [3.05, 3.63) is 46.9 Å². The number of alkyl halides is 3. The monoisotopic (exact) mass is 591 g/mol. The number of amides is 1. The molecule has 1 fully saturated rings. The Hall–Kier alpha value is -2.76. The number of rotatable bonds is 8. The Morgan fingerprint density at radius 1 is 1.24 bits per heavy atom. The number of sulfone groups is 1. The third-order valence-electron chi connectivity index (χ3n) is 6.14. The molecule has 1 atom stereocenters. The second-order valence-corrected chi connectivity index (χ2v) is 13.4. The Morgan fingerprint density at radius 2 is 1.95 bits per heavy atom. The predicted molar refractivity (Wildman–Crippen MR) is 131 cm³/mol. The molecule has 38 heavy (non-hydrogen) atoms. The van der Waals surface area contributed by atoms with Crippen LogP contribution in [0.25, 0.3) is 0 Å². The van der Waals surface area contributed by atoms with E-state index in [2.05, 4.69) is 20.4 Å². The summed E-state index contributed by atoms with van der Waals surface area (Å²) in [7, 11) is -5.59. The topological polar surface area (TPSA) is 154 Å². The first kappa shape index (κ1) is 28.3. The molecule has 2 N–H and O–H groups in total. The number of likely N-dealkylation sites (tertiary alicyclic amines) is 1. The molecule has 0 aliphatic carbocycles. The zero-order valence-corrected chi connectivity index (χ0v) is 22.5. The average Bonchev–Trinajstić information content (AvgIpc) is 3.52. The molecular weight excluding hydrogens is 567 g/mol. The Balaban J connectivity index is 1.39. The van der Waals surface area contributed by atoms with E-state index in [9.17, 15) is 30.6 Å². The highest BCUT2D eigenvalue weighted by Gasteiger charge is 2.35. The molecule has 1 saturated heterocycles. The summed E-state index contributed by atoms with van der Waals surface area (Å²) in [4.78, 5) is 19.5. The third-order valence-corrected chi connectivity index (χ3v) is 10.9. The Labute approximate surface area is 222 Å². The summed E-state index contributed by atoms with van der Waals surface area (Å²) in [5.41, 5.74) is 0.0689. The van der Waals surface area contributed by atoms with E-state index in [0.717, 1.165) is 23.5 Å². The molecule has 0 saturated carbocycles. The maximum Gasteiger partial charge on any atom is 0.416 e. The van der Waals surface area contributed by atoms with Gasteiger partial charge in [0.25, 0.3) is 0 Å². The van der Waals surface area contributed by atoms with E-state index in [1.165, 1.54) is 17.1 Å². The molecule has 2 aromatic heterocycles. The molecule has 0 radical (unpaired) electrons. The van der Waals surface area contributed by atoms with Crippen molar-refractivity contribution in [2.45, 2.75) is 59.1 Å². The number of hydrogen-bond donors (Lipinski definition) is 1. The van der Waals surface area contributed by atoms with Gasteiger partial charge in [-0.2, -0.15) is 18.0 Å². The average molecular weight is 592 g/mol. The first-order valence-electron chi connectivity index (χ1n) is 11.4. The third kappa shape index (κ3) is 6.44. The van der Waals surface area contributed by atoms with Crippen LogP contribution in [0.1, 0.15) is 41.8 Å². The maximum atomic E-state index is 13.3. The summed E-state index contributed by atoms with van der Waals surface area (Å²) in [6, 6.07) is 3.35. The summed E-state index contributed by atoms with van der Waals surface area (Å²) in [6.07, 6.45) is -2.70. The van der Waals surface area contributed by atoms with E-state index >= 15 is 0 Å². The lowest BCUT2D eigenvalue weighted by atomic mass is 9.99. The van der Waals surface area contributed by atoms with Crippen LogP contribution in [0.5, 0.6) is 0 Å². The molecular formula is C21H24F3N7O4S3. The van der Waals surface area contributed by atoms with Crippen LogP contribution in [0.3, 0.4) is 0 Å². The van der Waals surface area contributed by atoms with Crippen molar-refractivity contribution in [1.29, 1.82) is 0 Å². The number of thiazole rings is 1. The van der Waals surface area contributed by atoms with E-state index in [4.69, 9.17) is 5.14 Å². The van der Waals surface area contributed by atoms with Gasteiger partial charge in [0.15, 0.2) is 5.82 Å². The lowest BCUT2D eigenvalue weighted by Gasteiger charge is -2.31. The summed E-state index contributed by atoms with van der Waals surface area (Å²) in [6.45, 7) is 2.01. The summed E-state index contributed by atoms with van der Waals surface area (Å²) >= 11 is 0.770. The lowest BCUT2D eigenvalue weighted by molar-refractivity contribution is -0.137. The number of piperidine rings is 1. The minimum Gasteiger partial charge on any atom is -0.343 e. The first-order chi connectivity index (χ1) is 17.8. The van der Waals surface area contributed by atoms with Crippen molar-refractivity contribution in [2.75, 3.05) is 13.1 Å². The number of nitrogens with two attached hydrogens (primary N) is 1. The fraction of sp³-hybridized carbons (Fsp3) is 0.476. The van der Waals surface area contributed by atoms with E-state index in [1.54, 1.807) is 11.8 Å². The Bertz CT molecular complexity index is 1450. The summed E-state index contributed by atoms with van der Waals surface area (Å²) in [5.74, 6) is 0.153. The van der Waals surface area contributed by atoms with Crippen LogP contribution in [0.4, 0.5) is 13.2 Å². The van der Waals surface area contributed by atoms with Gasteiger partial charge in [-0.25, -0.2) is 22.7 Å². The van der Waals surface area contributed by atoms with Gasteiger partial charge in [-0.05, 0) is 54.7 Å². The Kier molecular flexibility index (Phi) is 8.29. The van der Waals surface area contributed by atoms with Gasteiger partial charge in [-0.3, -0.25) is 4.79 Å². The molecule has 1 aliphatic heterocycles. The molecule has 1 aliphatic rings. The number of halogens is 3. The van der Waals surface area contributed by atoms with Gasteiger partial charge >= 0.3 is 6.18 Å².